The van der Waals surface area contributed by atoms with Crippen LogP contribution >= 0.6 is 27.5 Å². The van der Waals surface area contributed by atoms with E-state index in [1.54, 1.807) is 0 Å². The summed E-state index contributed by atoms with van der Waals surface area (Å²) in [5.41, 5.74) is -0.621. The molecule has 0 spiro atoms. The molecule has 5 nitrogen and oxygen atoms in total. The van der Waals surface area contributed by atoms with Crippen molar-refractivity contribution in [3.05, 3.63) is 39.1 Å². The third-order valence-electron chi connectivity index (χ3n) is 4.08. The van der Waals surface area contributed by atoms with Crippen molar-refractivity contribution < 1.29 is 23.1 Å². The van der Waals surface area contributed by atoms with Crippen LogP contribution in [0.2, 0.25) is 5.02 Å². The Balaban J connectivity index is 1.93. The summed E-state index contributed by atoms with van der Waals surface area (Å²) in [4.78, 5) is 12.5. The highest BCUT2D eigenvalue weighted by Crippen LogP contribution is 2.47. The first-order valence-electron chi connectivity index (χ1n) is 7.74. The second-order valence-corrected chi connectivity index (χ2v) is 7.32. The second-order valence-electron chi connectivity index (χ2n) is 6.09. The van der Waals surface area contributed by atoms with Gasteiger partial charge in [0.1, 0.15) is 11.8 Å². The molecule has 1 amide bonds. The van der Waals surface area contributed by atoms with E-state index in [1.165, 1.54) is 25.1 Å². The Kier molecular flexibility index (Phi) is 4.96. The van der Waals surface area contributed by atoms with Crippen LogP contribution in [0.4, 0.5) is 18.9 Å². The van der Waals surface area contributed by atoms with Gasteiger partial charge in [-0.25, -0.2) is 0 Å². The molecule has 1 aliphatic rings. The maximum absolute atomic E-state index is 13.2. The normalized spacial score (nSPS) is 15.8. The van der Waals surface area contributed by atoms with E-state index in [1.807, 2.05) is 0 Å². The van der Waals surface area contributed by atoms with Gasteiger partial charge in [0.2, 0.25) is 5.91 Å². The number of anilines is 1. The topological polar surface area (TPSA) is 67.2 Å². The Labute approximate surface area is 160 Å². The standard InChI is InChI=1S/C16H14BrClF3N3O2/c1-7(15(26)22-10-6-9(18)4-5-11(10)25)24-13(8-2-3-8)12(17)14(23-24)16(19,20)21/h4-8,25H,2-3H2,1H3,(H,22,26). The molecule has 3 rings (SSSR count). The zero-order chi connectivity index (χ0) is 19.2. The maximum atomic E-state index is 13.2. The van der Waals surface area contributed by atoms with Crippen molar-refractivity contribution in [1.82, 2.24) is 9.78 Å². The van der Waals surface area contributed by atoms with Crippen LogP contribution in [0.15, 0.2) is 22.7 Å². The number of nitrogens with zero attached hydrogens (tertiary/aromatic N) is 2. The highest BCUT2D eigenvalue weighted by Gasteiger charge is 2.43. The van der Waals surface area contributed by atoms with Gasteiger partial charge in [0.25, 0.3) is 0 Å². The Morgan fingerprint density at radius 2 is 2.12 bits per heavy atom. The van der Waals surface area contributed by atoms with Crippen LogP contribution in [0.1, 0.15) is 43.1 Å². The van der Waals surface area contributed by atoms with Gasteiger partial charge in [0.05, 0.1) is 15.9 Å². The summed E-state index contributed by atoms with van der Waals surface area (Å²) >= 11 is 8.83. The summed E-state index contributed by atoms with van der Waals surface area (Å²) in [5.74, 6) is -0.883. The SMILES string of the molecule is CC(C(=O)Nc1cc(Cl)ccc1O)n1nc(C(F)(F)F)c(Br)c1C1CC1. The fourth-order valence-corrected chi connectivity index (χ4v) is 3.57. The minimum Gasteiger partial charge on any atom is -0.506 e. The number of benzene rings is 1. The fourth-order valence-electron chi connectivity index (χ4n) is 2.58. The number of carbonyl (C=O) groups excluding carboxylic acids is 1. The lowest BCUT2D eigenvalue weighted by molar-refractivity contribution is -0.142. The van der Waals surface area contributed by atoms with Crippen LogP contribution < -0.4 is 5.32 Å². The Morgan fingerprint density at radius 3 is 2.69 bits per heavy atom. The first-order valence-corrected chi connectivity index (χ1v) is 8.91. The van der Waals surface area contributed by atoms with E-state index in [4.69, 9.17) is 11.6 Å². The molecule has 10 heteroatoms. The summed E-state index contributed by atoms with van der Waals surface area (Å²) in [6.07, 6.45) is -3.15. The summed E-state index contributed by atoms with van der Waals surface area (Å²) in [7, 11) is 0. The number of hydrogen-bond donors (Lipinski definition) is 2. The summed E-state index contributed by atoms with van der Waals surface area (Å²) in [5, 5.41) is 16.2. The molecular weight excluding hydrogens is 439 g/mol. The van der Waals surface area contributed by atoms with E-state index < -0.39 is 23.8 Å². The van der Waals surface area contributed by atoms with Gasteiger partial charge in [-0.15, -0.1) is 0 Å². The van der Waals surface area contributed by atoms with E-state index >= 15 is 0 Å². The van der Waals surface area contributed by atoms with Crippen LogP contribution in [0.5, 0.6) is 5.75 Å². The molecule has 1 aromatic heterocycles. The van der Waals surface area contributed by atoms with Crippen LogP contribution in [-0.2, 0) is 11.0 Å². The molecule has 1 saturated carbocycles. The number of amides is 1. The number of nitrogens with one attached hydrogen (secondary N) is 1. The highest BCUT2D eigenvalue weighted by molar-refractivity contribution is 9.10. The smallest absolute Gasteiger partial charge is 0.436 e. The van der Waals surface area contributed by atoms with Crippen LogP contribution in [0.3, 0.4) is 0 Å². The molecule has 2 aromatic rings. The summed E-state index contributed by atoms with van der Waals surface area (Å²) in [6.45, 7) is 1.45. The van der Waals surface area contributed by atoms with E-state index in [0.717, 1.165) is 17.5 Å². The van der Waals surface area contributed by atoms with Gasteiger partial charge in [-0.05, 0) is 53.9 Å². The Morgan fingerprint density at radius 1 is 1.46 bits per heavy atom. The molecule has 140 valence electrons. The molecule has 1 heterocycles. The van der Waals surface area contributed by atoms with Crippen molar-refractivity contribution in [3.63, 3.8) is 0 Å². The second kappa shape index (κ2) is 6.77. The van der Waals surface area contributed by atoms with Crippen LogP contribution in [-0.4, -0.2) is 20.8 Å². The number of rotatable bonds is 4. The van der Waals surface area contributed by atoms with Gasteiger partial charge in [-0.3, -0.25) is 9.48 Å². The molecule has 1 aliphatic carbocycles. The number of phenols is 1. The zero-order valence-electron chi connectivity index (χ0n) is 13.4. The minimum absolute atomic E-state index is 0.0669. The maximum Gasteiger partial charge on any atom is 0.436 e. The first kappa shape index (κ1) is 19.0. The predicted octanol–water partition coefficient (Wildman–Crippen LogP) is 5.10. The highest BCUT2D eigenvalue weighted by atomic mass is 79.9. The van der Waals surface area contributed by atoms with E-state index in [0.29, 0.717) is 10.7 Å². The molecule has 0 aliphatic heterocycles. The van der Waals surface area contributed by atoms with Crippen molar-refractivity contribution in [3.8, 4) is 5.75 Å². The van der Waals surface area contributed by atoms with Crippen molar-refractivity contribution in [2.75, 3.05) is 5.32 Å². The molecule has 0 bridgehead atoms. The Hall–Kier alpha value is -1.74. The lowest BCUT2D eigenvalue weighted by Gasteiger charge is -2.16. The number of alkyl halides is 3. The van der Waals surface area contributed by atoms with Crippen molar-refractivity contribution >= 4 is 39.1 Å². The van der Waals surface area contributed by atoms with Crippen LogP contribution in [0, 0.1) is 0 Å². The molecule has 1 fully saturated rings. The van der Waals surface area contributed by atoms with Gasteiger partial charge in [-0.1, -0.05) is 11.6 Å². The fraction of sp³-hybridized carbons (Fsp3) is 0.375. The number of hydrogen-bond acceptors (Lipinski definition) is 3. The Bertz CT molecular complexity index is 865. The average Bonchev–Trinajstić information content (AvgIpc) is 3.31. The number of aromatic hydroxyl groups is 1. The van der Waals surface area contributed by atoms with E-state index in [-0.39, 0.29) is 21.8 Å². The largest absolute Gasteiger partial charge is 0.506 e. The lowest BCUT2D eigenvalue weighted by atomic mass is 10.2. The minimum atomic E-state index is -4.63. The van der Waals surface area contributed by atoms with Crippen molar-refractivity contribution in [1.29, 1.82) is 0 Å². The van der Waals surface area contributed by atoms with Gasteiger partial charge in [0.15, 0.2) is 5.69 Å². The van der Waals surface area contributed by atoms with E-state index in [9.17, 15) is 23.1 Å². The van der Waals surface area contributed by atoms with Crippen molar-refractivity contribution in [2.45, 2.75) is 37.9 Å². The molecule has 0 saturated heterocycles. The molecule has 2 N–H and O–H groups in total. The lowest BCUT2D eigenvalue weighted by Crippen LogP contribution is -2.26. The van der Waals surface area contributed by atoms with Crippen LogP contribution in [0.25, 0.3) is 0 Å². The van der Waals surface area contributed by atoms with Gasteiger partial charge < -0.3 is 10.4 Å². The summed E-state index contributed by atoms with van der Waals surface area (Å²) < 4.78 is 40.5. The molecule has 0 radical (unpaired) electrons. The molecule has 26 heavy (non-hydrogen) atoms. The van der Waals surface area contributed by atoms with Gasteiger partial charge in [0, 0.05) is 10.9 Å². The first-order chi connectivity index (χ1) is 12.1. The predicted molar refractivity (Wildman–Crippen MR) is 93.4 cm³/mol. The number of halogens is 5. The van der Waals surface area contributed by atoms with E-state index in [2.05, 4.69) is 26.3 Å². The third-order valence-corrected chi connectivity index (χ3v) is 5.10. The quantitative estimate of drug-likeness (QED) is 0.634. The van der Waals surface area contributed by atoms with Gasteiger partial charge >= 0.3 is 6.18 Å². The monoisotopic (exact) mass is 451 g/mol. The van der Waals surface area contributed by atoms with Gasteiger partial charge in [-0.2, -0.15) is 18.3 Å². The molecule has 1 aromatic carbocycles. The molecule has 1 atom stereocenters. The number of carbonyl (C=O) groups is 1. The average molecular weight is 453 g/mol. The van der Waals surface area contributed by atoms with Crippen molar-refractivity contribution in [2.24, 2.45) is 0 Å². The number of aromatic nitrogens is 2. The molecule has 1 unspecified atom stereocenters. The zero-order valence-corrected chi connectivity index (χ0v) is 15.8. The molecular formula is C16H14BrClF3N3O2. The summed E-state index contributed by atoms with van der Waals surface area (Å²) in [6, 6.07) is 3.09. The number of phenolic OH excluding ortho intramolecular Hbond substituents is 1. The third kappa shape index (κ3) is 3.68.